The van der Waals surface area contributed by atoms with E-state index in [2.05, 4.69) is 17.6 Å². The van der Waals surface area contributed by atoms with Crippen LogP contribution in [-0.2, 0) is 12.6 Å². The van der Waals surface area contributed by atoms with Gasteiger partial charge in [0.05, 0.1) is 5.56 Å². The highest BCUT2D eigenvalue weighted by Gasteiger charge is 2.30. The number of aryl methyl sites for hydroxylation is 1. The summed E-state index contributed by atoms with van der Waals surface area (Å²) < 4.78 is 39.5. The summed E-state index contributed by atoms with van der Waals surface area (Å²) in [6.07, 6.45) is -2.90. The lowest BCUT2D eigenvalue weighted by Gasteiger charge is -2.14. The Balaban J connectivity index is 1.56. The van der Waals surface area contributed by atoms with Crippen LogP contribution in [0.1, 0.15) is 36.1 Å². The molecule has 1 atom stereocenters. The van der Waals surface area contributed by atoms with E-state index in [9.17, 15) is 13.2 Å². The van der Waals surface area contributed by atoms with Crippen LogP contribution in [0.4, 0.5) is 13.2 Å². The summed E-state index contributed by atoms with van der Waals surface area (Å²) in [5.41, 5.74) is 1.33. The zero-order valence-electron chi connectivity index (χ0n) is 14.2. The number of nitrogens with one attached hydrogen (secondary N) is 1. The topological polar surface area (TPSA) is 12.0 Å². The zero-order chi connectivity index (χ0) is 18.7. The lowest BCUT2D eigenvalue weighted by atomic mass is 10.0. The van der Waals surface area contributed by atoms with E-state index in [4.69, 9.17) is 11.6 Å². The monoisotopic (exact) mass is 397 g/mol. The fourth-order valence-electron chi connectivity index (χ4n) is 2.98. The minimum atomic E-state index is -4.29. The van der Waals surface area contributed by atoms with Crippen molar-refractivity contribution in [3.63, 3.8) is 0 Å². The molecule has 0 aliphatic heterocycles. The maximum atomic E-state index is 12.8. The Hall–Kier alpha value is -1.56. The maximum Gasteiger partial charge on any atom is 0.416 e. The number of fused-ring (bicyclic) bond motifs is 1. The molecular weight excluding hydrogens is 379 g/mol. The molecule has 2 aromatic carbocycles. The standard InChI is InChI=1S/C20H19ClF3NS/c1-13(18-12-26-19-8-7-16(21)11-17(18)19)25-9-3-5-14-4-2-6-15(10-14)20(22,23)24/h2,4,6-8,10-13,25H,3,5,9H2,1H3. The van der Waals surface area contributed by atoms with Gasteiger partial charge in [-0.1, -0.05) is 29.8 Å². The lowest BCUT2D eigenvalue weighted by Crippen LogP contribution is -2.20. The van der Waals surface area contributed by atoms with E-state index in [1.807, 2.05) is 18.2 Å². The highest BCUT2D eigenvalue weighted by atomic mass is 35.5. The number of rotatable bonds is 6. The first-order chi connectivity index (χ1) is 12.3. The SMILES string of the molecule is CC(NCCCc1cccc(C(F)(F)F)c1)c1csc2ccc(Cl)cc12. The number of halogens is 4. The van der Waals surface area contributed by atoms with Gasteiger partial charge in [0.25, 0.3) is 0 Å². The molecule has 0 aliphatic rings. The van der Waals surface area contributed by atoms with Crippen molar-refractivity contribution in [2.75, 3.05) is 6.54 Å². The average Bonchev–Trinajstić information content (AvgIpc) is 3.01. The van der Waals surface area contributed by atoms with Crippen LogP contribution in [-0.4, -0.2) is 6.54 Å². The van der Waals surface area contributed by atoms with Gasteiger partial charge in [-0.15, -0.1) is 11.3 Å². The highest BCUT2D eigenvalue weighted by Crippen LogP contribution is 2.32. The first-order valence-corrected chi connectivity index (χ1v) is 9.66. The number of thiophene rings is 1. The summed E-state index contributed by atoms with van der Waals surface area (Å²) in [5, 5.41) is 7.45. The summed E-state index contributed by atoms with van der Waals surface area (Å²) >= 11 is 7.78. The minimum absolute atomic E-state index is 0.156. The number of hydrogen-bond donors (Lipinski definition) is 1. The van der Waals surface area contributed by atoms with Crippen LogP contribution in [0.3, 0.4) is 0 Å². The second-order valence-corrected chi connectivity index (χ2v) is 7.66. The van der Waals surface area contributed by atoms with Gasteiger partial charge >= 0.3 is 6.18 Å². The van der Waals surface area contributed by atoms with Crippen LogP contribution in [0.15, 0.2) is 47.8 Å². The zero-order valence-corrected chi connectivity index (χ0v) is 15.8. The molecule has 3 aromatic rings. The quantitative estimate of drug-likeness (QED) is 0.448. The molecule has 6 heteroatoms. The fraction of sp³-hybridized carbons (Fsp3) is 0.300. The van der Waals surface area contributed by atoms with Crippen LogP contribution in [0.2, 0.25) is 5.02 Å². The van der Waals surface area contributed by atoms with Crippen molar-refractivity contribution in [2.45, 2.75) is 32.0 Å². The maximum absolute atomic E-state index is 12.8. The van der Waals surface area contributed by atoms with Crippen molar-refractivity contribution in [3.05, 3.63) is 69.6 Å². The molecule has 0 amide bonds. The second kappa shape index (κ2) is 7.99. The van der Waals surface area contributed by atoms with Gasteiger partial charge in [0, 0.05) is 15.8 Å². The van der Waals surface area contributed by atoms with Gasteiger partial charge in [-0.05, 0) is 72.5 Å². The second-order valence-electron chi connectivity index (χ2n) is 6.31. The van der Waals surface area contributed by atoms with E-state index in [0.717, 1.165) is 24.4 Å². The molecule has 0 aliphatic carbocycles. The van der Waals surface area contributed by atoms with Gasteiger partial charge in [0.15, 0.2) is 0 Å². The largest absolute Gasteiger partial charge is 0.416 e. The minimum Gasteiger partial charge on any atom is -0.310 e. The van der Waals surface area contributed by atoms with E-state index in [-0.39, 0.29) is 6.04 Å². The smallest absolute Gasteiger partial charge is 0.310 e. The van der Waals surface area contributed by atoms with Crippen LogP contribution >= 0.6 is 22.9 Å². The van der Waals surface area contributed by atoms with E-state index in [1.54, 1.807) is 17.4 Å². The van der Waals surface area contributed by atoms with Crippen molar-refractivity contribution in [1.29, 1.82) is 0 Å². The van der Waals surface area contributed by atoms with Crippen molar-refractivity contribution in [2.24, 2.45) is 0 Å². The van der Waals surface area contributed by atoms with Gasteiger partial charge in [-0.25, -0.2) is 0 Å². The van der Waals surface area contributed by atoms with E-state index < -0.39 is 11.7 Å². The molecule has 0 saturated heterocycles. The van der Waals surface area contributed by atoms with Gasteiger partial charge in [0.2, 0.25) is 0 Å². The Morgan fingerprint density at radius 3 is 2.73 bits per heavy atom. The first-order valence-electron chi connectivity index (χ1n) is 8.41. The summed E-state index contributed by atoms with van der Waals surface area (Å²) in [4.78, 5) is 0. The molecule has 1 N–H and O–H groups in total. The van der Waals surface area contributed by atoms with Gasteiger partial charge < -0.3 is 5.32 Å². The highest BCUT2D eigenvalue weighted by molar-refractivity contribution is 7.17. The van der Waals surface area contributed by atoms with Crippen LogP contribution in [0.5, 0.6) is 0 Å². The normalized spacial score (nSPS) is 13.3. The summed E-state index contributed by atoms with van der Waals surface area (Å²) in [6.45, 7) is 2.82. The summed E-state index contributed by atoms with van der Waals surface area (Å²) in [5.74, 6) is 0. The third-order valence-electron chi connectivity index (χ3n) is 4.38. The summed E-state index contributed by atoms with van der Waals surface area (Å²) in [6, 6.07) is 11.6. The molecule has 26 heavy (non-hydrogen) atoms. The van der Waals surface area contributed by atoms with Crippen molar-refractivity contribution >= 4 is 33.0 Å². The molecule has 0 radical (unpaired) electrons. The van der Waals surface area contributed by atoms with Crippen molar-refractivity contribution in [1.82, 2.24) is 5.32 Å². The molecule has 0 spiro atoms. The lowest BCUT2D eigenvalue weighted by molar-refractivity contribution is -0.137. The van der Waals surface area contributed by atoms with Gasteiger partial charge in [0.1, 0.15) is 0 Å². The average molecular weight is 398 g/mol. The van der Waals surface area contributed by atoms with Crippen molar-refractivity contribution < 1.29 is 13.2 Å². The predicted molar refractivity (Wildman–Crippen MR) is 103 cm³/mol. The van der Waals surface area contributed by atoms with Gasteiger partial charge in [-0.3, -0.25) is 0 Å². The van der Waals surface area contributed by atoms with Crippen molar-refractivity contribution in [3.8, 4) is 0 Å². The van der Waals surface area contributed by atoms with Gasteiger partial charge in [-0.2, -0.15) is 13.2 Å². The third kappa shape index (κ3) is 4.58. The predicted octanol–water partition coefficient (Wildman–Crippen LogP) is 6.86. The van der Waals surface area contributed by atoms with E-state index in [1.165, 1.54) is 22.4 Å². The van der Waals surface area contributed by atoms with Crippen LogP contribution < -0.4 is 5.32 Å². The van der Waals surface area contributed by atoms with Crippen LogP contribution in [0, 0.1) is 0 Å². The van der Waals surface area contributed by atoms with E-state index >= 15 is 0 Å². The molecule has 1 aromatic heterocycles. The summed E-state index contributed by atoms with van der Waals surface area (Å²) in [7, 11) is 0. The molecule has 1 nitrogen and oxygen atoms in total. The molecule has 3 rings (SSSR count). The molecule has 138 valence electrons. The molecule has 0 saturated carbocycles. The number of alkyl halides is 3. The third-order valence-corrected chi connectivity index (χ3v) is 5.60. The molecular formula is C20H19ClF3NS. The molecule has 0 fully saturated rings. The molecule has 1 unspecified atom stereocenters. The number of hydrogen-bond acceptors (Lipinski definition) is 2. The number of benzene rings is 2. The Morgan fingerprint density at radius 2 is 1.96 bits per heavy atom. The Kier molecular flexibility index (Phi) is 5.90. The fourth-order valence-corrected chi connectivity index (χ4v) is 4.19. The Labute approximate surface area is 159 Å². The molecule has 1 heterocycles. The molecule has 0 bridgehead atoms. The van der Waals surface area contributed by atoms with E-state index in [0.29, 0.717) is 17.0 Å². The van der Waals surface area contributed by atoms with Crippen LogP contribution in [0.25, 0.3) is 10.1 Å². The Bertz CT molecular complexity index is 888. The Morgan fingerprint density at radius 1 is 1.15 bits per heavy atom. The first kappa shape index (κ1) is 19.2.